The number of carbonyl (C=O) groups excluding carboxylic acids is 1. The normalized spacial score (nSPS) is 10.5. The van der Waals surface area contributed by atoms with Gasteiger partial charge in [-0.1, -0.05) is 24.3 Å². The number of carbonyl (C=O) groups is 1. The number of benzene rings is 2. The molecular weight excluding hydrogens is 318 g/mol. The Bertz CT molecular complexity index is 875. The van der Waals surface area contributed by atoms with E-state index in [1.807, 2.05) is 48.5 Å². The van der Waals surface area contributed by atoms with Gasteiger partial charge in [0.25, 0.3) is 0 Å². The number of hydrogen-bond donors (Lipinski definition) is 1. The summed E-state index contributed by atoms with van der Waals surface area (Å²) >= 11 is 0. The van der Waals surface area contributed by atoms with Crippen molar-refractivity contribution < 1.29 is 9.53 Å². The van der Waals surface area contributed by atoms with E-state index in [4.69, 9.17) is 4.74 Å². The first kappa shape index (κ1) is 16.6. The minimum absolute atomic E-state index is 0.0453. The maximum Gasteiger partial charge on any atom is 0.224 e. The Morgan fingerprint density at radius 3 is 2.80 bits per heavy atom. The lowest BCUT2D eigenvalue weighted by Crippen LogP contribution is -2.12. The second kappa shape index (κ2) is 7.57. The number of aromatic nitrogens is 4. The highest BCUT2D eigenvalue weighted by Crippen LogP contribution is 2.20. The fourth-order valence-corrected chi connectivity index (χ4v) is 2.52. The van der Waals surface area contributed by atoms with E-state index < -0.39 is 0 Å². The van der Waals surface area contributed by atoms with E-state index in [1.165, 1.54) is 0 Å². The van der Waals surface area contributed by atoms with Crippen molar-refractivity contribution in [1.82, 2.24) is 20.2 Å². The smallest absolute Gasteiger partial charge is 0.224 e. The van der Waals surface area contributed by atoms with E-state index in [2.05, 4.69) is 20.8 Å². The predicted octanol–water partition coefficient (Wildman–Crippen LogP) is 2.46. The number of aryl methyl sites for hydroxylation is 2. The lowest BCUT2D eigenvalue weighted by atomic mass is 10.1. The van der Waals surface area contributed by atoms with Gasteiger partial charge in [0, 0.05) is 24.7 Å². The van der Waals surface area contributed by atoms with Crippen LogP contribution in [0.1, 0.15) is 12.0 Å². The zero-order valence-corrected chi connectivity index (χ0v) is 14.1. The van der Waals surface area contributed by atoms with Gasteiger partial charge in [-0.25, -0.2) is 4.68 Å². The number of tetrazole rings is 1. The van der Waals surface area contributed by atoms with Crippen LogP contribution in [0.3, 0.4) is 0 Å². The van der Waals surface area contributed by atoms with Crippen LogP contribution in [-0.4, -0.2) is 33.2 Å². The monoisotopic (exact) mass is 337 g/mol. The molecule has 0 aliphatic rings. The molecule has 128 valence electrons. The summed E-state index contributed by atoms with van der Waals surface area (Å²) in [5.74, 6) is 1.39. The van der Waals surface area contributed by atoms with Crippen molar-refractivity contribution in [1.29, 1.82) is 0 Å². The highest BCUT2D eigenvalue weighted by molar-refractivity contribution is 5.91. The standard InChI is InChI=1S/C18H19N5O2/c1-23-18(20-21-22-23)14-6-4-7-15(12-14)19-17(24)10-9-13-5-3-8-16(11-13)25-2/h3-8,11-12H,9-10H2,1-2H3,(H,19,24). The van der Waals surface area contributed by atoms with E-state index in [0.717, 1.165) is 22.6 Å². The molecule has 7 heteroatoms. The summed E-state index contributed by atoms with van der Waals surface area (Å²) in [6.07, 6.45) is 1.04. The molecule has 0 saturated heterocycles. The van der Waals surface area contributed by atoms with Crippen molar-refractivity contribution in [3.8, 4) is 17.1 Å². The molecule has 0 bridgehead atoms. The number of methoxy groups -OCH3 is 1. The third kappa shape index (κ3) is 4.20. The molecule has 0 fully saturated rings. The Hall–Kier alpha value is -3.22. The van der Waals surface area contributed by atoms with Crippen LogP contribution in [0, 0.1) is 0 Å². The van der Waals surface area contributed by atoms with Crippen LogP contribution in [0.25, 0.3) is 11.4 Å². The fourth-order valence-electron chi connectivity index (χ4n) is 2.52. The molecule has 3 rings (SSSR count). The molecule has 0 spiro atoms. The molecule has 1 amide bonds. The molecule has 2 aromatic carbocycles. The van der Waals surface area contributed by atoms with Crippen LogP contribution >= 0.6 is 0 Å². The molecule has 1 heterocycles. The first-order chi connectivity index (χ1) is 12.2. The first-order valence-corrected chi connectivity index (χ1v) is 7.91. The minimum atomic E-state index is -0.0453. The minimum Gasteiger partial charge on any atom is -0.497 e. The van der Waals surface area contributed by atoms with E-state index in [0.29, 0.717) is 18.7 Å². The molecule has 1 aromatic heterocycles. The Labute approximate surface area is 145 Å². The average molecular weight is 337 g/mol. The van der Waals surface area contributed by atoms with Crippen LogP contribution in [0.5, 0.6) is 5.75 Å². The number of rotatable bonds is 6. The third-order valence-corrected chi connectivity index (χ3v) is 3.80. The average Bonchev–Trinajstić information content (AvgIpc) is 3.06. The van der Waals surface area contributed by atoms with Crippen molar-refractivity contribution in [3.05, 3.63) is 54.1 Å². The second-order valence-corrected chi connectivity index (χ2v) is 5.61. The van der Waals surface area contributed by atoms with E-state index in [1.54, 1.807) is 18.8 Å². The second-order valence-electron chi connectivity index (χ2n) is 5.61. The molecule has 0 unspecified atom stereocenters. The Morgan fingerprint density at radius 2 is 2.04 bits per heavy atom. The summed E-state index contributed by atoms with van der Waals surface area (Å²) in [6, 6.07) is 15.2. The van der Waals surface area contributed by atoms with Crippen LogP contribution in [0.2, 0.25) is 0 Å². The van der Waals surface area contributed by atoms with Crippen molar-refractivity contribution in [2.45, 2.75) is 12.8 Å². The van der Waals surface area contributed by atoms with Crippen molar-refractivity contribution in [2.75, 3.05) is 12.4 Å². The number of amides is 1. The van der Waals surface area contributed by atoms with Gasteiger partial charge in [0.05, 0.1) is 7.11 Å². The Balaban J connectivity index is 1.62. The molecule has 1 N–H and O–H groups in total. The molecule has 7 nitrogen and oxygen atoms in total. The number of hydrogen-bond acceptors (Lipinski definition) is 5. The summed E-state index contributed by atoms with van der Waals surface area (Å²) in [6.45, 7) is 0. The summed E-state index contributed by atoms with van der Waals surface area (Å²) in [7, 11) is 3.40. The largest absolute Gasteiger partial charge is 0.497 e. The Morgan fingerprint density at radius 1 is 1.20 bits per heavy atom. The quantitative estimate of drug-likeness (QED) is 0.747. The van der Waals surface area contributed by atoms with Crippen LogP contribution in [-0.2, 0) is 18.3 Å². The zero-order chi connectivity index (χ0) is 17.6. The van der Waals surface area contributed by atoms with Gasteiger partial charge in [-0.05, 0) is 46.7 Å². The fraction of sp³-hybridized carbons (Fsp3) is 0.222. The van der Waals surface area contributed by atoms with Gasteiger partial charge in [-0.3, -0.25) is 4.79 Å². The van der Waals surface area contributed by atoms with E-state index in [9.17, 15) is 4.79 Å². The molecule has 0 radical (unpaired) electrons. The molecular formula is C18H19N5O2. The number of anilines is 1. The lowest BCUT2D eigenvalue weighted by Gasteiger charge is -2.08. The molecule has 0 aliphatic heterocycles. The van der Waals surface area contributed by atoms with Gasteiger partial charge >= 0.3 is 0 Å². The van der Waals surface area contributed by atoms with Gasteiger partial charge in [-0.2, -0.15) is 0 Å². The van der Waals surface area contributed by atoms with Crippen molar-refractivity contribution in [2.24, 2.45) is 7.05 Å². The SMILES string of the molecule is COc1cccc(CCC(=O)Nc2cccc(-c3nnnn3C)c2)c1. The number of nitrogens with zero attached hydrogens (tertiary/aromatic N) is 4. The van der Waals surface area contributed by atoms with Crippen LogP contribution < -0.4 is 10.1 Å². The van der Waals surface area contributed by atoms with Gasteiger partial charge in [0.2, 0.25) is 5.91 Å². The van der Waals surface area contributed by atoms with Gasteiger partial charge in [0.1, 0.15) is 5.75 Å². The number of ether oxygens (including phenoxy) is 1. The van der Waals surface area contributed by atoms with E-state index in [-0.39, 0.29) is 5.91 Å². The van der Waals surface area contributed by atoms with Crippen LogP contribution in [0.4, 0.5) is 5.69 Å². The van der Waals surface area contributed by atoms with Crippen molar-refractivity contribution >= 4 is 11.6 Å². The maximum atomic E-state index is 12.2. The van der Waals surface area contributed by atoms with E-state index >= 15 is 0 Å². The maximum absolute atomic E-state index is 12.2. The predicted molar refractivity (Wildman–Crippen MR) is 94.2 cm³/mol. The summed E-state index contributed by atoms with van der Waals surface area (Å²) < 4.78 is 6.78. The molecule has 25 heavy (non-hydrogen) atoms. The molecule has 0 saturated carbocycles. The topological polar surface area (TPSA) is 81.9 Å². The first-order valence-electron chi connectivity index (χ1n) is 7.91. The van der Waals surface area contributed by atoms with Gasteiger partial charge in [-0.15, -0.1) is 5.10 Å². The Kier molecular flexibility index (Phi) is 5.03. The summed E-state index contributed by atoms with van der Waals surface area (Å²) in [5.41, 5.74) is 2.63. The van der Waals surface area contributed by atoms with Crippen molar-refractivity contribution in [3.63, 3.8) is 0 Å². The van der Waals surface area contributed by atoms with Gasteiger partial charge < -0.3 is 10.1 Å². The van der Waals surface area contributed by atoms with Crippen LogP contribution in [0.15, 0.2) is 48.5 Å². The molecule has 0 atom stereocenters. The summed E-state index contributed by atoms with van der Waals surface area (Å²) in [5, 5.41) is 14.3. The number of nitrogens with one attached hydrogen (secondary N) is 1. The third-order valence-electron chi connectivity index (χ3n) is 3.80. The van der Waals surface area contributed by atoms with Gasteiger partial charge in [0.15, 0.2) is 5.82 Å². The molecule has 0 aliphatic carbocycles. The zero-order valence-electron chi connectivity index (χ0n) is 14.1. The highest BCUT2D eigenvalue weighted by atomic mass is 16.5. The highest BCUT2D eigenvalue weighted by Gasteiger charge is 2.08. The lowest BCUT2D eigenvalue weighted by molar-refractivity contribution is -0.116. The molecule has 3 aromatic rings. The summed E-state index contributed by atoms with van der Waals surface area (Å²) in [4.78, 5) is 12.2.